The average molecular weight is 1000 g/mol. The van der Waals surface area contributed by atoms with Gasteiger partial charge in [-0.2, -0.15) is 5.26 Å². The van der Waals surface area contributed by atoms with Gasteiger partial charge in [0.2, 0.25) is 29.5 Å². The molecule has 0 radical (unpaired) electrons. The summed E-state index contributed by atoms with van der Waals surface area (Å²) in [7, 11) is 0. The van der Waals surface area contributed by atoms with Gasteiger partial charge in [0.1, 0.15) is 30.8 Å². The number of halogens is 1. The van der Waals surface area contributed by atoms with E-state index in [1.165, 1.54) is 18.2 Å². The first kappa shape index (κ1) is 50.1. The summed E-state index contributed by atoms with van der Waals surface area (Å²) < 4.78 is 12.9. The molecule has 3 saturated heterocycles. The lowest BCUT2D eigenvalue weighted by molar-refractivity contribution is -0.144. The van der Waals surface area contributed by atoms with Crippen LogP contribution in [0, 0.1) is 18.3 Å². The summed E-state index contributed by atoms with van der Waals surface area (Å²) >= 11 is 7.00. The normalized spacial score (nSPS) is 18.0. The first-order valence-corrected chi connectivity index (χ1v) is 24.9. The molecule has 5 aromatic rings. The van der Waals surface area contributed by atoms with Gasteiger partial charge in [0.05, 0.1) is 39.5 Å². The van der Waals surface area contributed by atoms with Crippen LogP contribution in [0.25, 0.3) is 11.1 Å². The van der Waals surface area contributed by atoms with E-state index in [1.54, 1.807) is 28.0 Å². The number of anilines is 1. The van der Waals surface area contributed by atoms with E-state index in [-0.39, 0.29) is 80.6 Å². The van der Waals surface area contributed by atoms with E-state index in [2.05, 4.69) is 46.7 Å². The van der Waals surface area contributed by atoms with Crippen LogP contribution in [0.3, 0.4) is 0 Å². The number of piperazine rings is 1. The molecule has 16 nitrogen and oxygen atoms in total. The number of carbonyl (C=O) groups is 7. The van der Waals surface area contributed by atoms with E-state index < -0.39 is 41.6 Å². The first-order valence-electron chi connectivity index (χ1n) is 24.5. The molecule has 9 rings (SSSR count). The number of nitrogens with one attached hydrogen (secondary N) is 2. The predicted octanol–water partition coefficient (Wildman–Crippen LogP) is 7.19. The largest absolute Gasteiger partial charge is 0.488 e. The quantitative estimate of drug-likeness (QED) is 0.101. The van der Waals surface area contributed by atoms with Gasteiger partial charge in [0, 0.05) is 63.6 Å². The Labute approximate surface area is 427 Å². The number of hydrogen-bond acceptors (Lipinski definition) is 11. The fourth-order valence-electron chi connectivity index (χ4n) is 10.0. The Morgan fingerprint density at radius 1 is 0.753 bits per heavy atom. The molecule has 374 valence electrons. The molecule has 0 saturated carbocycles. The van der Waals surface area contributed by atoms with Crippen molar-refractivity contribution >= 4 is 58.6 Å². The number of rotatable bonds is 15. The summed E-state index contributed by atoms with van der Waals surface area (Å²) in [6, 6.07) is 32.2. The SMILES string of the molecule is Cc1c(COc2cc(OCc3cccc(C#N)c3)c(CN3CCCCC3C(=O)N3CCN(C(=O)CCC(=O)Nc4cccc5c4C(=O)N(C4CCC(=O)NC4=O)C5=O)CC3)cc2Cl)cccc1-c1ccccc1. The number of imide groups is 2. The van der Waals surface area contributed by atoms with Gasteiger partial charge in [-0.1, -0.05) is 84.8 Å². The highest BCUT2D eigenvalue weighted by Gasteiger charge is 2.46. The van der Waals surface area contributed by atoms with Gasteiger partial charge in [-0.05, 0) is 90.9 Å². The second-order valence-corrected chi connectivity index (χ2v) is 19.1. The zero-order chi connectivity index (χ0) is 51.2. The van der Waals surface area contributed by atoms with Crippen LogP contribution in [0.4, 0.5) is 5.69 Å². The molecule has 0 bridgehead atoms. The molecule has 5 aromatic carbocycles. The number of nitriles is 1. The van der Waals surface area contributed by atoms with Crippen molar-refractivity contribution in [3.8, 4) is 28.7 Å². The van der Waals surface area contributed by atoms with Crippen molar-refractivity contribution < 1.29 is 43.0 Å². The van der Waals surface area contributed by atoms with Gasteiger partial charge in [0.15, 0.2) is 0 Å². The second kappa shape index (κ2) is 22.3. The van der Waals surface area contributed by atoms with Crippen molar-refractivity contribution in [3.05, 3.63) is 147 Å². The molecule has 4 aliphatic heterocycles. The number of benzene rings is 5. The molecule has 0 aliphatic carbocycles. The van der Waals surface area contributed by atoms with Crippen molar-refractivity contribution in [1.29, 1.82) is 5.26 Å². The van der Waals surface area contributed by atoms with Crippen molar-refractivity contribution in [2.75, 3.05) is 38.0 Å². The highest BCUT2D eigenvalue weighted by Crippen LogP contribution is 2.37. The Kier molecular flexibility index (Phi) is 15.3. The third-order valence-electron chi connectivity index (χ3n) is 14.0. The molecule has 4 heterocycles. The Morgan fingerprint density at radius 3 is 2.27 bits per heavy atom. The van der Waals surface area contributed by atoms with Crippen LogP contribution in [0.1, 0.15) is 93.5 Å². The number of carbonyl (C=O) groups excluding carboxylic acids is 7. The first-order chi connectivity index (χ1) is 35.4. The Morgan fingerprint density at radius 2 is 1.49 bits per heavy atom. The molecular formula is C56H54ClN7O9. The monoisotopic (exact) mass is 1000 g/mol. The van der Waals surface area contributed by atoms with Gasteiger partial charge < -0.3 is 24.6 Å². The fraction of sp³-hybridized carbons (Fsp3) is 0.321. The second-order valence-electron chi connectivity index (χ2n) is 18.6. The van der Waals surface area contributed by atoms with E-state index in [0.29, 0.717) is 54.7 Å². The maximum atomic E-state index is 14.4. The van der Waals surface area contributed by atoms with Crippen LogP contribution < -0.4 is 20.1 Å². The molecule has 0 spiro atoms. The van der Waals surface area contributed by atoms with Crippen molar-refractivity contribution in [2.45, 2.75) is 83.7 Å². The number of fused-ring (bicyclic) bond motifs is 1. The summed E-state index contributed by atoms with van der Waals surface area (Å²) in [5, 5.41) is 14.8. The van der Waals surface area contributed by atoms with Crippen LogP contribution in [-0.4, -0.2) is 106 Å². The molecule has 4 aliphatic rings. The number of likely N-dealkylation sites (tertiary alicyclic amines) is 1. The molecule has 73 heavy (non-hydrogen) atoms. The minimum atomic E-state index is -1.15. The Balaban J connectivity index is 0.819. The lowest BCUT2D eigenvalue weighted by Gasteiger charge is -2.41. The lowest BCUT2D eigenvalue weighted by atomic mass is 9.97. The maximum Gasteiger partial charge on any atom is 0.264 e. The van der Waals surface area contributed by atoms with Crippen molar-refractivity contribution in [2.24, 2.45) is 0 Å². The van der Waals surface area contributed by atoms with Crippen LogP contribution >= 0.6 is 11.6 Å². The summed E-state index contributed by atoms with van der Waals surface area (Å²) in [4.78, 5) is 98.3. The Hall–Kier alpha value is -7.87. The van der Waals surface area contributed by atoms with Crippen molar-refractivity contribution in [1.82, 2.24) is 24.9 Å². The molecule has 17 heteroatoms. The third kappa shape index (κ3) is 11.1. The summed E-state index contributed by atoms with van der Waals surface area (Å²) in [5.41, 5.74) is 6.51. The Bertz CT molecular complexity index is 3040. The summed E-state index contributed by atoms with van der Waals surface area (Å²) in [6.07, 6.45) is 2.07. The van der Waals surface area contributed by atoms with Crippen LogP contribution in [0.15, 0.2) is 103 Å². The zero-order valence-electron chi connectivity index (χ0n) is 40.4. The number of nitrogens with zero attached hydrogens (tertiary/aromatic N) is 5. The van der Waals surface area contributed by atoms with E-state index in [0.717, 1.165) is 51.1 Å². The van der Waals surface area contributed by atoms with Gasteiger partial charge in [-0.15, -0.1) is 0 Å². The fourth-order valence-corrected chi connectivity index (χ4v) is 10.3. The highest BCUT2D eigenvalue weighted by molar-refractivity contribution is 6.32. The molecule has 7 amide bonds. The third-order valence-corrected chi connectivity index (χ3v) is 14.3. The molecule has 2 unspecified atom stereocenters. The topological polar surface area (TPSA) is 199 Å². The minimum Gasteiger partial charge on any atom is -0.488 e. The predicted molar refractivity (Wildman–Crippen MR) is 270 cm³/mol. The van der Waals surface area contributed by atoms with E-state index >= 15 is 0 Å². The minimum absolute atomic E-state index is 0.00376. The molecule has 3 fully saturated rings. The van der Waals surface area contributed by atoms with Crippen LogP contribution in [0.5, 0.6) is 11.5 Å². The zero-order valence-corrected chi connectivity index (χ0v) is 41.1. The highest BCUT2D eigenvalue weighted by atomic mass is 35.5. The van der Waals surface area contributed by atoms with Gasteiger partial charge in [-0.25, -0.2) is 0 Å². The molecule has 2 atom stereocenters. The van der Waals surface area contributed by atoms with Gasteiger partial charge in [0.25, 0.3) is 11.8 Å². The van der Waals surface area contributed by atoms with Gasteiger partial charge >= 0.3 is 0 Å². The molecular weight excluding hydrogens is 950 g/mol. The van der Waals surface area contributed by atoms with Crippen LogP contribution in [0.2, 0.25) is 5.02 Å². The van der Waals surface area contributed by atoms with Crippen LogP contribution in [-0.2, 0) is 43.7 Å². The molecule has 0 aromatic heterocycles. The number of ether oxygens (including phenoxy) is 2. The van der Waals surface area contributed by atoms with E-state index in [4.69, 9.17) is 21.1 Å². The maximum absolute atomic E-state index is 14.4. The van der Waals surface area contributed by atoms with E-state index in [1.807, 2.05) is 48.5 Å². The number of amides is 7. The molecule has 2 N–H and O–H groups in total. The smallest absolute Gasteiger partial charge is 0.264 e. The summed E-state index contributed by atoms with van der Waals surface area (Å²) in [6.45, 7) is 4.78. The van der Waals surface area contributed by atoms with Gasteiger partial charge in [-0.3, -0.25) is 48.7 Å². The van der Waals surface area contributed by atoms with E-state index in [9.17, 15) is 38.8 Å². The number of piperidine rings is 2. The standard InChI is InChI=1S/C56H54ClN7O9/c1-35-39(14-8-15-41(35)38-12-3-2-4-13-38)34-73-48-30-47(72-33-37-11-7-10-36(28-37)31-58)40(29-43(48)57)32-63-23-6-5-18-46(63)55(70)62-26-24-61(25-27-62)51(67)22-21-49(65)59-44-17-9-16-42-52(44)56(71)64(54(42)69)45-19-20-50(66)60-53(45)68/h2-4,7-17,28-30,45-46H,5-6,18-27,32-34H2,1H3,(H,59,65)(H,60,66,68). The van der Waals surface area contributed by atoms with Crippen molar-refractivity contribution in [3.63, 3.8) is 0 Å². The average Bonchev–Trinajstić information content (AvgIpc) is 3.66. The lowest BCUT2D eigenvalue weighted by Crippen LogP contribution is -2.56. The number of hydrogen-bond donors (Lipinski definition) is 2. The summed E-state index contributed by atoms with van der Waals surface area (Å²) in [5.74, 6) is -2.51.